The van der Waals surface area contributed by atoms with Crippen LogP contribution in [0.4, 0.5) is 10.1 Å². The van der Waals surface area contributed by atoms with Crippen molar-refractivity contribution in [1.82, 2.24) is 0 Å². The fourth-order valence-electron chi connectivity index (χ4n) is 2.26. The number of methoxy groups -OCH3 is 2. The first-order valence-corrected chi connectivity index (χ1v) is 8.53. The summed E-state index contributed by atoms with van der Waals surface area (Å²) >= 11 is 6.95. The quantitative estimate of drug-likeness (QED) is 0.707. The molecule has 1 aromatic heterocycles. The molecule has 134 valence electrons. The maximum Gasteiger partial charge on any atom is 0.350 e. The average Bonchev–Trinajstić information content (AvgIpc) is 2.96. The lowest BCUT2D eigenvalue weighted by atomic mass is 10.1. The molecule has 8 heteroatoms. The Morgan fingerprint density at radius 3 is 2.60 bits per heavy atom. The molecule has 1 aromatic carbocycles. The van der Waals surface area contributed by atoms with Crippen molar-refractivity contribution in [2.75, 3.05) is 32.3 Å². The molecule has 2 aromatic rings. The van der Waals surface area contributed by atoms with Gasteiger partial charge in [-0.15, -0.1) is 11.3 Å². The molecule has 0 radical (unpaired) electrons. The molecule has 0 unspecified atom stereocenters. The van der Waals surface area contributed by atoms with E-state index in [1.807, 2.05) is 6.92 Å². The summed E-state index contributed by atoms with van der Waals surface area (Å²) in [6.45, 7) is 2.18. The Labute approximate surface area is 153 Å². The minimum atomic E-state index is -0.730. The van der Waals surface area contributed by atoms with Crippen molar-refractivity contribution < 1.29 is 23.5 Å². The summed E-state index contributed by atoms with van der Waals surface area (Å²) in [5.74, 6) is -1.87. The van der Waals surface area contributed by atoms with Gasteiger partial charge in [0.15, 0.2) is 0 Å². The number of halogens is 2. The second kappa shape index (κ2) is 8.42. The fraction of sp³-hybridized carbons (Fsp3) is 0.294. The van der Waals surface area contributed by atoms with E-state index >= 15 is 0 Å². The number of hydrogen-bond acceptors (Lipinski definition) is 5. The number of hydrogen-bond donors (Lipinski definition) is 0. The van der Waals surface area contributed by atoms with Crippen LogP contribution in [-0.4, -0.2) is 39.2 Å². The van der Waals surface area contributed by atoms with Gasteiger partial charge in [-0.2, -0.15) is 0 Å². The Morgan fingerprint density at radius 1 is 1.28 bits per heavy atom. The van der Waals surface area contributed by atoms with E-state index in [2.05, 4.69) is 0 Å². The van der Waals surface area contributed by atoms with Crippen molar-refractivity contribution in [2.24, 2.45) is 0 Å². The first kappa shape index (κ1) is 19.4. The van der Waals surface area contributed by atoms with Crippen LogP contribution in [0.1, 0.15) is 24.9 Å². The number of carbonyl (C=O) groups is 2. The van der Waals surface area contributed by atoms with Crippen LogP contribution < -0.4 is 4.90 Å². The van der Waals surface area contributed by atoms with Crippen molar-refractivity contribution in [3.8, 4) is 0 Å². The van der Waals surface area contributed by atoms with Gasteiger partial charge in [-0.3, -0.25) is 4.79 Å². The van der Waals surface area contributed by atoms with Crippen LogP contribution in [0.25, 0.3) is 0 Å². The maximum atomic E-state index is 14.2. The van der Waals surface area contributed by atoms with E-state index in [1.165, 1.54) is 42.6 Å². The van der Waals surface area contributed by atoms with E-state index in [0.29, 0.717) is 5.69 Å². The zero-order chi connectivity index (χ0) is 18.6. The molecule has 0 aliphatic heterocycles. The SMILES string of the molecule is COCCN(C(=O)c1ccc(Cl)cc1F)c1cc(C)sc1C(=O)OC. The Morgan fingerprint density at radius 2 is 2.00 bits per heavy atom. The lowest BCUT2D eigenvalue weighted by Gasteiger charge is -2.23. The third-order valence-electron chi connectivity index (χ3n) is 3.42. The van der Waals surface area contributed by atoms with Gasteiger partial charge in [-0.05, 0) is 31.2 Å². The molecule has 2 rings (SSSR count). The Bertz CT molecular complexity index is 793. The van der Waals surface area contributed by atoms with E-state index in [4.69, 9.17) is 21.1 Å². The van der Waals surface area contributed by atoms with Crippen molar-refractivity contribution in [2.45, 2.75) is 6.92 Å². The zero-order valence-electron chi connectivity index (χ0n) is 14.0. The molecular weight excluding hydrogens is 369 g/mol. The number of benzene rings is 1. The molecule has 0 fully saturated rings. The first-order chi connectivity index (χ1) is 11.9. The van der Waals surface area contributed by atoms with Gasteiger partial charge in [0.05, 0.1) is 25.0 Å². The predicted octanol–water partition coefficient (Wildman–Crippen LogP) is 3.93. The zero-order valence-corrected chi connectivity index (χ0v) is 15.5. The molecule has 0 saturated carbocycles. The molecular formula is C17H17ClFNO4S. The highest BCUT2D eigenvalue weighted by molar-refractivity contribution is 7.14. The molecule has 0 aliphatic carbocycles. The summed E-state index contributed by atoms with van der Waals surface area (Å²) in [4.78, 5) is 27.3. The third-order valence-corrected chi connectivity index (χ3v) is 4.68. The molecule has 0 N–H and O–H groups in total. The summed E-state index contributed by atoms with van der Waals surface area (Å²) in [5, 5.41) is 0.194. The number of amides is 1. The minimum absolute atomic E-state index is 0.139. The van der Waals surface area contributed by atoms with Gasteiger partial charge < -0.3 is 14.4 Å². The van der Waals surface area contributed by atoms with Gasteiger partial charge >= 0.3 is 5.97 Å². The molecule has 25 heavy (non-hydrogen) atoms. The molecule has 0 atom stereocenters. The number of aryl methyl sites for hydroxylation is 1. The monoisotopic (exact) mass is 385 g/mol. The molecule has 0 spiro atoms. The van der Waals surface area contributed by atoms with Crippen LogP contribution in [0.2, 0.25) is 5.02 Å². The minimum Gasteiger partial charge on any atom is -0.465 e. The fourth-order valence-corrected chi connectivity index (χ4v) is 3.35. The number of rotatable bonds is 6. The van der Waals surface area contributed by atoms with Gasteiger partial charge in [0.2, 0.25) is 0 Å². The summed E-state index contributed by atoms with van der Waals surface area (Å²) in [6, 6.07) is 5.52. The molecule has 0 saturated heterocycles. The van der Waals surface area contributed by atoms with Gasteiger partial charge in [0, 0.05) is 23.6 Å². The largest absolute Gasteiger partial charge is 0.465 e. The van der Waals surface area contributed by atoms with Crippen LogP contribution in [0.5, 0.6) is 0 Å². The van der Waals surface area contributed by atoms with Crippen LogP contribution in [0.15, 0.2) is 24.3 Å². The normalized spacial score (nSPS) is 10.6. The number of thiophene rings is 1. The average molecular weight is 386 g/mol. The standard InChI is InChI=1S/C17H17ClFNO4S/c1-10-8-14(15(25-10)17(22)24-3)20(6-7-23-2)16(21)12-5-4-11(18)9-13(12)19/h4-5,8-9H,6-7H2,1-3H3. The Balaban J connectivity index is 2.49. The van der Waals surface area contributed by atoms with E-state index in [0.717, 1.165) is 10.9 Å². The van der Waals surface area contributed by atoms with Crippen LogP contribution in [0.3, 0.4) is 0 Å². The molecule has 1 amide bonds. The summed E-state index contributed by atoms with van der Waals surface area (Å²) in [7, 11) is 2.76. The number of ether oxygens (including phenoxy) is 2. The van der Waals surface area contributed by atoms with E-state index in [-0.39, 0.29) is 28.6 Å². The van der Waals surface area contributed by atoms with Crippen LogP contribution in [-0.2, 0) is 9.47 Å². The third kappa shape index (κ3) is 4.36. The molecule has 0 bridgehead atoms. The molecule has 0 aliphatic rings. The van der Waals surface area contributed by atoms with Gasteiger partial charge in [0.1, 0.15) is 10.7 Å². The summed E-state index contributed by atoms with van der Waals surface area (Å²) in [6.07, 6.45) is 0. The maximum absolute atomic E-state index is 14.2. The van der Waals surface area contributed by atoms with Gasteiger partial charge in [-0.1, -0.05) is 11.6 Å². The Hall–Kier alpha value is -1.96. The van der Waals surface area contributed by atoms with E-state index < -0.39 is 17.7 Å². The number of anilines is 1. The van der Waals surface area contributed by atoms with Crippen LogP contribution in [0, 0.1) is 12.7 Å². The summed E-state index contributed by atoms with van der Waals surface area (Å²) < 4.78 is 24.0. The molecule has 1 heterocycles. The van der Waals surface area contributed by atoms with Crippen LogP contribution >= 0.6 is 22.9 Å². The van der Waals surface area contributed by atoms with Gasteiger partial charge in [-0.25, -0.2) is 9.18 Å². The summed E-state index contributed by atoms with van der Waals surface area (Å²) in [5.41, 5.74) is 0.228. The second-order valence-corrected chi connectivity index (χ2v) is 6.83. The van der Waals surface area contributed by atoms with Gasteiger partial charge in [0.25, 0.3) is 5.91 Å². The first-order valence-electron chi connectivity index (χ1n) is 7.33. The highest BCUT2D eigenvalue weighted by Crippen LogP contribution is 2.32. The highest BCUT2D eigenvalue weighted by atomic mass is 35.5. The topological polar surface area (TPSA) is 55.8 Å². The van der Waals surface area contributed by atoms with E-state index in [9.17, 15) is 14.0 Å². The second-order valence-electron chi connectivity index (χ2n) is 5.14. The van der Waals surface area contributed by atoms with Crippen molar-refractivity contribution in [1.29, 1.82) is 0 Å². The Kier molecular flexibility index (Phi) is 6.52. The number of carbonyl (C=O) groups excluding carboxylic acids is 2. The number of nitrogens with zero attached hydrogens (tertiary/aromatic N) is 1. The van der Waals surface area contributed by atoms with E-state index in [1.54, 1.807) is 6.07 Å². The predicted molar refractivity (Wildman–Crippen MR) is 95.4 cm³/mol. The van der Waals surface area contributed by atoms with Crippen molar-refractivity contribution in [3.05, 3.63) is 50.4 Å². The highest BCUT2D eigenvalue weighted by Gasteiger charge is 2.27. The smallest absolute Gasteiger partial charge is 0.350 e. The van der Waals surface area contributed by atoms with Crippen molar-refractivity contribution in [3.63, 3.8) is 0 Å². The lowest BCUT2D eigenvalue weighted by Crippen LogP contribution is -2.35. The molecule has 5 nitrogen and oxygen atoms in total. The lowest BCUT2D eigenvalue weighted by molar-refractivity contribution is 0.0607. The number of esters is 1. The van der Waals surface area contributed by atoms with Crippen molar-refractivity contribution >= 4 is 40.5 Å².